The predicted molar refractivity (Wildman–Crippen MR) is 84.1 cm³/mol. The van der Waals surface area contributed by atoms with Crippen LogP contribution in [0.15, 0.2) is 34.9 Å². The molecule has 27 heavy (non-hydrogen) atoms. The maximum atomic E-state index is 13.9. The molecule has 0 saturated carbocycles. The van der Waals surface area contributed by atoms with E-state index in [1.807, 2.05) is 0 Å². The Balaban J connectivity index is 2.50. The lowest BCUT2D eigenvalue weighted by Crippen LogP contribution is -2.69. The van der Waals surface area contributed by atoms with Crippen LogP contribution < -0.4 is 10.6 Å². The van der Waals surface area contributed by atoms with E-state index in [4.69, 9.17) is 0 Å². The van der Waals surface area contributed by atoms with Crippen molar-refractivity contribution >= 4 is 17.7 Å². The lowest BCUT2D eigenvalue weighted by atomic mass is 10.1. The number of ether oxygens (including phenoxy) is 1. The molecule has 2 aromatic rings. The first-order valence-electron chi connectivity index (χ1n) is 7.63. The topological polar surface area (TPSA) is 93.5 Å². The Morgan fingerprint density at radius 1 is 1.26 bits per heavy atom. The van der Waals surface area contributed by atoms with E-state index < -0.39 is 47.5 Å². The van der Waals surface area contributed by atoms with Crippen molar-refractivity contribution in [1.82, 2.24) is 10.5 Å². The number of hydrogen-bond donors (Lipinski definition) is 2. The van der Waals surface area contributed by atoms with Crippen LogP contribution in [-0.4, -0.2) is 35.5 Å². The van der Waals surface area contributed by atoms with E-state index >= 15 is 0 Å². The van der Waals surface area contributed by atoms with Gasteiger partial charge in [0.15, 0.2) is 5.82 Å². The number of alkyl halides is 3. The van der Waals surface area contributed by atoms with Gasteiger partial charge in [-0.3, -0.25) is 4.79 Å². The van der Waals surface area contributed by atoms with Crippen molar-refractivity contribution in [3.05, 3.63) is 47.5 Å². The zero-order valence-electron chi connectivity index (χ0n) is 14.2. The van der Waals surface area contributed by atoms with Gasteiger partial charge in [0.1, 0.15) is 11.6 Å². The summed E-state index contributed by atoms with van der Waals surface area (Å²) in [5.74, 6) is -4.72. The second-order valence-corrected chi connectivity index (χ2v) is 5.35. The monoisotopic (exact) mass is 389 g/mol. The van der Waals surface area contributed by atoms with Crippen LogP contribution in [0.5, 0.6) is 0 Å². The molecular formula is C16H15F4N3O4. The standard InChI is InChI=1S/C16H15F4N3O4/c1-3-26-14(25)15(16(18,19)20,21-12-8-9(2)27-23-12)22-13(24)10-6-4-5-7-11(10)17/h4-8H,3H2,1-2H3,(H,21,23)(H,22,24)/t15-/m0/s1. The molecule has 1 heterocycles. The first-order chi connectivity index (χ1) is 12.6. The number of anilines is 1. The number of hydrogen-bond acceptors (Lipinski definition) is 6. The molecule has 0 unspecified atom stereocenters. The van der Waals surface area contributed by atoms with Crippen molar-refractivity contribution in [2.24, 2.45) is 0 Å². The number of carbonyl (C=O) groups is 2. The van der Waals surface area contributed by atoms with Gasteiger partial charge in [-0.15, -0.1) is 0 Å². The number of nitrogens with zero attached hydrogens (tertiary/aromatic N) is 1. The van der Waals surface area contributed by atoms with Crippen LogP contribution >= 0.6 is 0 Å². The Morgan fingerprint density at radius 2 is 1.93 bits per heavy atom. The number of halogens is 4. The zero-order chi connectivity index (χ0) is 20.2. The number of aromatic nitrogens is 1. The highest BCUT2D eigenvalue weighted by Gasteiger charge is 2.64. The van der Waals surface area contributed by atoms with E-state index in [9.17, 15) is 27.2 Å². The number of carbonyl (C=O) groups excluding carboxylic acids is 2. The summed E-state index contributed by atoms with van der Waals surface area (Å²) >= 11 is 0. The van der Waals surface area contributed by atoms with Crippen molar-refractivity contribution in [3.8, 4) is 0 Å². The minimum Gasteiger partial charge on any atom is -0.463 e. The molecule has 2 N–H and O–H groups in total. The Labute approximate surface area is 150 Å². The highest BCUT2D eigenvalue weighted by Crippen LogP contribution is 2.33. The van der Waals surface area contributed by atoms with E-state index in [1.165, 1.54) is 31.3 Å². The van der Waals surface area contributed by atoms with Crippen LogP contribution in [0.4, 0.5) is 23.4 Å². The summed E-state index contributed by atoms with van der Waals surface area (Å²) in [6, 6.07) is 5.45. The summed E-state index contributed by atoms with van der Waals surface area (Å²) in [5.41, 5.74) is -4.40. The molecule has 0 spiro atoms. The summed E-state index contributed by atoms with van der Waals surface area (Å²) in [4.78, 5) is 24.5. The van der Waals surface area contributed by atoms with Gasteiger partial charge < -0.3 is 19.9 Å². The van der Waals surface area contributed by atoms with Crippen molar-refractivity contribution in [1.29, 1.82) is 0 Å². The quantitative estimate of drug-likeness (QED) is 0.448. The number of rotatable bonds is 6. The van der Waals surface area contributed by atoms with Gasteiger partial charge in [0, 0.05) is 6.07 Å². The van der Waals surface area contributed by atoms with Crippen LogP contribution in [0.3, 0.4) is 0 Å². The van der Waals surface area contributed by atoms with E-state index in [0.717, 1.165) is 18.2 Å². The van der Waals surface area contributed by atoms with Gasteiger partial charge in [0.25, 0.3) is 5.91 Å². The molecule has 0 bridgehead atoms. The lowest BCUT2D eigenvalue weighted by Gasteiger charge is -2.34. The summed E-state index contributed by atoms with van der Waals surface area (Å²) in [6.07, 6.45) is -5.37. The van der Waals surface area contributed by atoms with Gasteiger partial charge >= 0.3 is 17.8 Å². The molecule has 1 atom stereocenters. The molecule has 0 aliphatic rings. The zero-order valence-corrected chi connectivity index (χ0v) is 14.2. The van der Waals surface area contributed by atoms with Gasteiger partial charge in [-0.1, -0.05) is 17.3 Å². The predicted octanol–water partition coefficient (Wildman–Crippen LogP) is 2.79. The van der Waals surface area contributed by atoms with Crippen LogP contribution in [0.2, 0.25) is 0 Å². The van der Waals surface area contributed by atoms with Crippen LogP contribution in [0, 0.1) is 12.7 Å². The summed E-state index contributed by atoms with van der Waals surface area (Å²) in [5, 5.41) is 6.63. The molecule has 1 amide bonds. The normalized spacial score (nSPS) is 13.6. The molecular weight excluding hydrogens is 374 g/mol. The van der Waals surface area contributed by atoms with Gasteiger partial charge in [-0.25, -0.2) is 9.18 Å². The number of nitrogens with one attached hydrogen (secondary N) is 2. The van der Waals surface area contributed by atoms with E-state index in [1.54, 1.807) is 5.32 Å². The average molecular weight is 389 g/mol. The van der Waals surface area contributed by atoms with E-state index in [2.05, 4.69) is 14.4 Å². The van der Waals surface area contributed by atoms with Crippen LogP contribution in [0.1, 0.15) is 23.0 Å². The van der Waals surface area contributed by atoms with Gasteiger partial charge in [0.05, 0.1) is 12.2 Å². The minimum absolute atomic E-state index is 0.151. The van der Waals surface area contributed by atoms with Crippen LogP contribution in [0.25, 0.3) is 0 Å². The first kappa shape index (κ1) is 20.2. The third kappa shape index (κ3) is 4.18. The van der Waals surface area contributed by atoms with Gasteiger partial charge in [-0.05, 0) is 26.0 Å². The highest BCUT2D eigenvalue weighted by molar-refractivity contribution is 5.99. The molecule has 0 saturated heterocycles. The lowest BCUT2D eigenvalue weighted by molar-refractivity contribution is -0.204. The molecule has 0 aliphatic heterocycles. The van der Waals surface area contributed by atoms with Crippen molar-refractivity contribution in [2.75, 3.05) is 11.9 Å². The average Bonchev–Trinajstić information content (AvgIpc) is 2.98. The van der Waals surface area contributed by atoms with Crippen molar-refractivity contribution < 1.29 is 36.4 Å². The fraction of sp³-hybridized carbons (Fsp3) is 0.312. The van der Waals surface area contributed by atoms with Crippen molar-refractivity contribution in [2.45, 2.75) is 25.7 Å². The van der Waals surface area contributed by atoms with E-state index in [0.29, 0.717) is 0 Å². The summed E-state index contributed by atoms with van der Waals surface area (Å²) < 4.78 is 64.6. The van der Waals surface area contributed by atoms with Crippen LogP contribution in [-0.2, 0) is 9.53 Å². The molecule has 0 fully saturated rings. The number of aryl methyl sites for hydroxylation is 1. The maximum Gasteiger partial charge on any atom is 0.441 e. The Morgan fingerprint density at radius 3 is 2.44 bits per heavy atom. The minimum atomic E-state index is -5.37. The number of amides is 1. The third-order valence-corrected chi connectivity index (χ3v) is 3.37. The Bertz CT molecular complexity index is 837. The molecule has 2 rings (SSSR count). The fourth-order valence-electron chi connectivity index (χ4n) is 2.13. The van der Waals surface area contributed by atoms with Crippen molar-refractivity contribution in [3.63, 3.8) is 0 Å². The molecule has 0 radical (unpaired) electrons. The number of benzene rings is 1. The van der Waals surface area contributed by atoms with E-state index in [-0.39, 0.29) is 5.76 Å². The molecule has 1 aromatic heterocycles. The first-order valence-corrected chi connectivity index (χ1v) is 7.63. The third-order valence-electron chi connectivity index (χ3n) is 3.37. The highest BCUT2D eigenvalue weighted by atomic mass is 19.4. The molecule has 11 heteroatoms. The molecule has 146 valence electrons. The maximum absolute atomic E-state index is 13.9. The van der Waals surface area contributed by atoms with Gasteiger partial charge in [0.2, 0.25) is 0 Å². The Kier molecular flexibility index (Phi) is 5.72. The second-order valence-electron chi connectivity index (χ2n) is 5.35. The summed E-state index contributed by atoms with van der Waals surface area (Å²) in [7, 11) is 0. The number of esters is 1. The smallest absolute Gasteiger partial charge is 0.441 e. The fourth-order valence-corrected chi connectivity index (χ4v) is 2.13. The summed E-state index contributed by atoms with van der Waals surface area (Å²) in [6.45, 7) is 2.31. The Hall–Kier alpha value is -3.11. The van der Waals surface area contributed by atoms with Gasteiger partial charge in [-0.2, -0.15) is 13.2 Å². The molecule has 7 nitrogen and oxygen atoms in total. The second kappa shape index (κ2) is 7.64. The largest absolute Gasteiger partial charge is 0.463 e. The molecule has 0 aliphatic carbocycles. The molecule has 1 aromatic carbocycles. The SMILES string of the molecule is CCOC(=O)[C@@](NC(=O)c1ccccc1F)(Nc1cc(C)on1)C(F)(F)F.